The first-order valence-electron chi connectivity index (χ1n) is 7.22. The zero-order chi connectivity index (χ0) is 13.8. The van der Waals surface area contributed by atoms with Crippen molar-refractivity contribution in [3.05, 3.63) is 24.3 Å². The Hall–Kier alpha value is -1.75. The van der Waals surface area contributed by atoms with Gasteiger partial charge >= 0.3 is 0 Å². The summed E-state index contributed by atoms with van der Waals surface area (Å²) in [5, 5.41) is 6.18. The molecule has 2 N–H and O–H groups in total. The van der Waals surface area contributed by atoms with Crippen molar-refractivity contribution in [2.45, 2.75) is 31.4 Å². The molecule has 1 amide bonds. The summed E-state index contributed by atoms with van der Waals surface area (Å²) < 4.78 is 11.4. The Morgan fingerprint density at radius 1 is 1.30 bits per heavy atom. The molecule has 0 aromatic heterocycles. The quantitative estimate of drug-likeness (QED) is 0.867. The number of carbonyl (C=O) groups is 1. The van der Waals surface area contributed by atoms with E-state index in [1.54, 1.807) is 0 Å². The standard InChI is InChI=1S/C15H20N2O3/c18-15(12-5-3-4-8-16-12)17-9-11-10-19-13-6-1-2-7-14(13)20-11/h1-2,6-7,11-12,16H,3-5,8-10H2,(H,17,18)/t11?,12-/m0/s1. The van der Waals surface area contributed by atoms with Gasteiger partial charge in [0.1, 0.15) is 12.7 Å². The second-order valence-corrected chi connectivity index (χ2v) is 5.25. The molecule has 2 atom stereocenters. The summed E-state index contributed by atoms with van der Waals surface area (Å²) in [6.07, 6.45) is 3.05. The summed E-state index contributed by atoms with van der Waals surface area (Å²) in [5.74, 6) is 1.57. The zero-order valence-electron chi connectivity index (χ0n) is 11.4. The summed E-state index contributed by atoms with van der Waals surface area (Å²) in [4.78, 5) is 12.0. The molecule has 108 valence electrons. The van der Waals surface area contributed by atoms with Crippen LogP contribution in [0.15, 0.2) is 24.3 Å². The van der Waals surface area contributed by atoms with E-state index < -0.39 is 0 Å². The second-order valence-electron chi connectivity index (χ2n) is 5.25. The van der Waals surface area contributed by atoms with Crippen molar-refractivity contribution in [3.8, 4) is 11.5 Å². The molecule has 3 rings (SSSR count). The van der Waals surface area contributed by atoms with Crippen LogP contribution >= 0.6 is 0 Å². The SMILES string of the molecule is O=C(NCC1COc2ccccc2O1)[C@@H]1CCCCN1. The van der Waals surface area contributed by atoms with Gasteiger partial charge in [0, 0.05) is 0 Å². The van der Waals surface area contributed by atoms with Crippen LogP contribution in [0.25, 0.3) is 0 Å². The highest BCUT2D eigenvalue weighted by atomic mass is 16.6. The Balaban J connectivity index is 1.49. The first-order chi connectivity index (χ1) is 9.83. The number of nitrogens with one attached hydrogen (secondary N) is 2. The number of carbonyl (C=O) groups excluding carboxylic acids is 1. The first-order valence-corrected chi connectivity index (χ1v) is 7.22. The molecule has 5 nitrogen and oxygen atoms in total. The first kappa shape index (κ1) is 13.2. The van der Waals surface area contributed by atoms with E-state index in [9.17, 15) is 4.79 Å². The third-order valence-electron chi connectivity index (χ3n) is 3.70. The maximum atomic E-state index is 12.0. The van der Waals surface area contributed by atoms with Crippen molar-refractivity contribution in [2.75, 3.05) is 19.7 Å². The van der Waals surface area contributed by atoms with Crippen LogP contribution in [-0.4, -0.2) is 37.7 Å². The number of piperidine rings is 1. The molecule has 0 spiro atoms. The largest absolute Gasteiger partial charge is 0.486 e. The van der Waals surface area contributed by atoms with Crippen molar-refractivity contribution >= 4 is 5.91 Å². The fourth-order valence-corrected chi connectivity index (χ4v) is 2.58. The van der Waals surface area contributed by atoms with Crippen LogP contribution in [0.4, 0.5) is 0 Å². The zero-order valence-corrected chi connectivity index (χ0v) is 11.4. The van der Waals surface area contributed by atoms with E-state index in [0.29, 0.717) is 13.2 Å². The summed E-state index contributed by atoms with van der Waals surface area (Å²) in [7, 11) is 0. The van der Waals surface area contributed by atoms with Crippen LogP contribution in [0.2, 0.25) is 0 Å². The second kappa shape index (κ2) is 6.13. The van der Waals surface area contributed by atoms with E-state index in [-0.39, 0.29) is 18.1 Å². The lowest BCUT2D eigenvalue weighted by Gasteiger charge is -2.28. The van der Waals surface area contributed by atoms with E-state index in [4.69, 9.17) is 9.47 Å². The predicted molar refractivity (Wildman–Crippen MR) is 75.0 cm³/mol. The molecule has 1 aromatic rings. The molecular formula is C15H20N2O3. The third kappa shape index (κ3) is 3.04. The number of hydrogen-bond donors (Lipinski definition) is 2. The van der Waals surface area contributed by atoms with Crippen molar-refractivity contribution in [2.24, 2.45) is 0 Å². The molecule has 5 heteroatoms. The Kier molecular flexibility index (Phi) is 4.06. The molecule has 1 unspecified atom stereocenters. The molecule has 0 radical (unpaired) electrons. The minimum atomic E-state index is -0.127. The van der Waals surface area contributed by atoms with Gasteiger partial charge < -0.3 is 20.1 Å². The number of para-hydroxylation sites is 2. The topological polar surface area (TPSA) is 59.6 Å². The molecular weight excluding hydrogens is 256 g/mol. The molecule has 0 aliphatic carbocycles. The molecule has 20 heavy (non-hydrogen) atoms. The number of rotatable bonds is 3. The fraction of sp³-hybridized carbons (Fsp3) is 0.533. The van der Waals surface area contributed by atoms with Gasteiger partial charge in [-0.2, -0.15) is 0 Å². The average molecular weight is 276 g/mol. The van der Waals surface area contributed by atoms with Crippen LogP contribution in [0.3, 0.4) is 0 Å². The van der Waals surface area contributed by atoms with Crippen LogP contribution in [-0.2, 0) is 4.79 Å². The molecule has 2 heterocycles. The molecule has 0 bridgehead atoms. The maximum Gasteiger partial charge on any atom is 0.237 e. The Labute approximate surface area is 118 Å². The summed E-state index contributed by atoms with van der Waals surface area (Å²) >= 11 is 0. The van der Waals surface area contributed by atoms with E-state index in [1.165, 1.54) is 0 Å². The number of ether oxygens (including phenoxy) is 2. The normalized spacial score (nSPS) is 25.0. The van der Waals surface area contributed by atoms with Crippen molar-refractivity contribution in [1.82, 2.24) is 10.6 Å². The van der Waals surface area contributed by atoms with Crippen molar-refractivity contribution in [1.29, 1.82) is 0 Å². The Bertz CT molecular complexity index is 472. The molecule has 1 fully saturated rings. The lowest BCUT2D eigenvalue weighted by atomic mass is 10.0. The van der Waals surface area contributed by atoms with Gasteiger partial charge in [-0.1, -0.05) is 18.6 Å². The maximum absolute atomic E-state index is 12.0. The van der Waals surface area contributed by atoms with E-state index in [1.807, 2.05) is 24.3 Å². The van der Waals surface area contributed by atoms with Gasteiger partial charge in [-0.25, -0.2) is 0 Å². The van der Waals surface area contributed by atoms with Gasteiger partial charge in [-0.15, -0.1) is 0 Å². The lowest BCUT2D eigenvalue weighted by Crippen LogP contribution is -2.49. The Morgan fingerprint density at radius 2 is 2.15 bits per heavy atom. The van der Waals surface area contributed by atoms with E-state index >= 15 is 0 Å². The minimum absolute atomic E-state index is 0.0551. The Morgan fingerprint density at radius 3 is 2.95 bits per heavy atom. The average Bonchev–Trinajstić information content (AvgIpc) is 2.53. The number of amides is 1. The molecule has 2 aliphatic rings. The van der Waals surface area contributed by atoms with Crippen molar-refractivity contribution < 1.29 is 14.3 Å². The minimum Gasteiger partial charge on any atom is -0.486 e. The van der Waals surface area contributed by atoms with Crippen LogP contribution in [0.5, 0.6) is 11.5 Å². The summed E-state index contributed by atoms with van der Waals surface area (Å²) in [6, 6.07) is 7.54. The molecule has 0 saturated carbocycles. The monoisotopic (exact) mass is 276 g/mol. The van der Waals surface area contributed by atoms with Gasteiger partial charge in [-0.3, -0.25) is 4.79 Å². The number of benzene rings is 1. The van der Waals surface area contributed by atoms with Gasteiger partial charge in [0.25, 0.3) is 0 Å². The molecule has 2 aliphatic heterocycles. The summed E-state index contributed by atoms with van der Waals surface area (Å²) in [6.45, 7) is 1.87. The van der Waals surface area contributed by atoms with Crippen LogP contribution in [0.1, 0.15) is 19.3 Å². The molecule has 1 saturated heterocycles. The highest BCUT2D eigenvalue weighted by Gasteiger charge is 2.24. The van der Waals surface area contributed by atoms with E-state index in [2.05, 4.69) is 10.6 Å². The third-order valence-corrected chi connectivity index (χ3v) is 3.70. The fourth-order valence-electron chi connectivity index (χ4n) is 2.58. The highest BCUT2D eigenvalue weighted by Crippen LogP contribution is 2.30. The van der Waals surface area contributed by atoms with Crippen LogP contribution < -0.4 is 20.1 Å². The number of hydrogen-bond acceptors (Lipinski definition) is 4. The lowest BCUT2D eigenvalue weighted by molar-refractivity contribution is -0.124. The number of fused-ring (bicyclic) bond motifs is 1. The van der Waals surface area contributed by atoms with E-state index in [0.717, 1.165) is 37.3 Å². The highest BCUT2D eigenvalue weighted by molar-refractivity contribution is 5.81. The van der Waals surface area contributed by atoms with Gasteiger partial charge in [-0.05, 0) is 31.5 Å². The smallest absolute Gasteiger partial charge is 0.237 e. The predicted octanol–water partition coefficient (Wildman–Crippen LogP) is 1.08. The van der Waals surface area contributed by atoms with Crippen LogP contribution in [0, 0.1) is 0 Å². The van der Waals surface area contributed by atoms with Gasteiger partial charge in [0.15, 0.2) is 11.5 Å². The van der Waals surface area contributed by atoms with Gasteiger partial charge in [0.2, 0.25) is 5.91 Å². The summed E-state index contributed by atoms with van der Waals surface area (Å²) in [5.41, 5.74) is 0. The van der Waals surface area contributed by atoms with Gasteiger partial charge in [0.05, 0.1) is 12.6 Å². The van der Waals surface area contributed by atoms with Crippen molar-refractivity contribution in [3.63, 3.8) is 0 Å². The molecule has 1 aromatic carbocycles.